The molecule has 3 aromatic heterocycles. The number of hydrogen-bond acceptors (Lipinski definition) is 9. The number of halogens is 2. The predicted molar refractivity (Wildman–Crippen MR) is 163 cm³/mol. The minimum atomic E-state index is -3.15. The van der Waals surface area contributed by atoms with Crippen molar-refractivity contribution in [2.75, 3.05) is 51.5 Å². The Hall–Kier alpha value is -3.16. The standard InChI is InChI=1S/C28H31Cl2N7O4S/c1-16(25-20(29)10-32-11-21(25)30)41-24-6-19-22(7-23(24)40-3)34-35-26(19)17-5-18(8-31-2)27(33-9-17)36-12-28(13-36)14-37(15-28)42(4,38)39/h5-7,9-11,16,31H,8,12-15H2,1-4H3,(H,34,35). The van der Waals surface area contributed by atoms with Crippen LogP contribution in [0, 0.1) is 5.41 Å². The number of methoxy groups -OCH3 is 1. The minimum absolute atomic E-state index is 0.00997. The maximum Gasteiger partial charge on any atom is 0.211 e. The lowest BCUT2D eigenvalue weighted by Crippen LogP contribution is -2.73. The Morgan fingerprint density at radius 3 is 2.45 bits per heavy atom. The van der Waals surface area contributed by atoms with Gasteiger partial charge in [0.15, 0.2) is 11.5 Å². The summed E-state index contributed by atoms with van der Waals surface area (Å²) in [7, 11) is 0.330. The van der Waals surface area contributed by atoms with Crippen LogP contribution in [0.25, 0.3) is 22.2 Å². The highest BCUT2D eigenvalue weighted by atomic mass is 35.5. The molecule has 11 nitrogen and oxygen atoms in total. The molecule has 4 aromatic rings. The summed E-state index contributed by atoms with van der Waals surface area (Å²) in [4.78, 5) is 11.1. The quantitative estimate of drug-likeness (QED) is 0.278. The van der Waals surface area contributed by atoms with Crippen LogP contribution >= 0.6 is 23.2 Å². The third-order valence-electron chi connectivity index (χ3n) is 7.88. The highest BCUT2D eigenvalue weighted by Crippen LogP contribution is 2.44. The fourth-order valence-electron chi connectivity index (χ4n) is 5.84. The second-order valence-corrected chi connectivity index (χ2v) is 13.8. The molecule has 1 unspecified atom stereocenters. The smallest absolute Gasteiger partial charge is 0.211 e. The topological polar surface area (TPSA) is 126 Å². The predicted octanol–water partition coefficient (Wildman–Crippen LogP) is 4.28. The lowest BCUT2D eigenvalue weighted by Gasteiger charge is -2.59. The molecule has 5 heterocycles. The van der Waals surface area contributed by atoms with Crippen molar-refractivity contribution >= 4 is 49.9 Å². The van der Waals surface area contributed by atoms with E-state index in [1.54, 1.807) is 7.11 Å². The summed E-state index contributed by atoms with van der Waals surface area (Å²) < 4.78 is 37.1. The van der Waals surface area contributed by atoms with Crippen molar-refractivity contribution in [3.8, 4) is 22.8 Å². The van der Waals surface area contributed by atoms with E-state index < -0.39 is 16.1 Å². The van der Waals surface area contributed by atoms with Gasteiger partial charge in [0.05, 0.1) is 28.9 Å². The molecule has 2 aliphatic heterocycles. The summed E-state index contributed by atoms with van der Waals surface area (Å²) in [5.74, 6) is 1.94. The molecule has 0 amide bonds. The molecule has 6 rings (SSSR count). The van der Waals surface area contributed by atoms with E-state index in [1.165, 1.54) is 23.0 Å². The van der Waals surface area contributed by atoms with E-state index in [1.807, 2.05) is 32.3 Å². The molecule has 222 valence electrons. The van der Waals surface area contributed by atoms with Crippen molar-refractivity contribution in [2.45, 2.75) is 19.6 Å². The fraction of sp³-hybridized carbons (Fsp3) is 0.393. The van der Waals surface area contributed by atoms with Crippen molar-refractivity contribution in [3.05, 3.63) is 58.0 Å². The van der Waals surface area contributed by atoms with Crippen LogP contribution in [0.15, 0.2) is 36.8 Å². The molecule has 0 radical (unpaired) electrons. The van der Waals surface area contributed by atoms with Gasteiger partial charge in [-0.2, -0.15) is 5.10 Å². The van der Waals surface area contributed by atoms with E-state index in [4.69, 9.17) is 37.7 Å². The average molecular weight is 633 g/mol. The molecular formula is C28H31Cl2N7O4S. The van der Waals surface area contributed by atoms with Crippen LogP contribution in [0.3, 0.4) is 0 Å². The molecular weight excluding hydrogens is 601 g/mol. The molecule has 0 bridgehead atoms. The summed E-state index contributed by atoms with van der Waals surface area (Å²) in [5, 5.41) is 12.6. The van der Waals surface area contributed by atoms with Crippen molar-refractivity contribution in [3.63, 3.8) is 0 Å². The molecule has 1 atom stereocenters. The van der Waals surface area contributed by atoms with Crippen LogP contribution in [0.1, 0.15) is 24.2 Å². The number of pyridine rings is 2. The maximum absolute atomic E-state index is 11.8. The number of fused-ring (bicyclic) bond motifs is 1. The van der Waals surface area contributed by atoms with E-state index in [9.17, 15) is 8.42 Å². The molecule has 2 fully saturated rings. The minimum Gasteiger partial charge on any atom is -0.493 e. The van der Waals surface area contributed by atoms with Gasteiger partial charge in [0.25, 0.3) is 0 Å². The largest absolute Gasteiger partial charge is 0.493 e. The zero-order valence-electron chi connectivity index (χ0n) is 23.6. The molecule has 2 aliphatic rings. The highest BCUT2D eigenvalue weighted by Gasteiger charge is 2.54. The Kier molecular flexibility index (Phi) is 7.47. The van der Waals surface area contributed by atoms with E-state index >= 15 is 0 Å². The Balaban J connectivity index is 1.29. The molecule has 1 aromatic carbocycles. The number of H-pyrrole nitrogens is 1. The van der Waals surface area contributed by atoms with Gasteiger partial charge in [0, 0.05) is 84.9 Å². The van der Waals surface area contributed by atoms with E-state index in [2.05, 4.69) is 31.5 Å². The summed E-state index contributed by atoms with van der Waals surface area (Å²) in [6.45, 7) is 5.15. The molecule has 1 spiro atoms. The van der Waals surface area contributed by atoms with Crippen LogP contribution in [0.4, 0.5) is 5.82 Å². The number of anilines is 1. The monoisotopic (exact) mass is 631 g/mol. The van der Waals surface area contributed by atoms with Crippen molar-refractivity contribution in [1.29, 1.82) is 0 Å². The van der Waals surface area contributed by atoms with E-state index in [0.717, 1.165) is 46.6 Å². The van der Waals surface area contributed by atoms with Gasteiger partial charge in [-0.05, 0) is 26.1 Å². The van der Waals surface area contributed by atoms with Gasteiger partial charge < -0.3 is 19.7 Å². The molecule has 14 heteroatoms. The average Bonchev–Trinajstić information content (AvgIpc) is 3.29. The first kappa shape index (κ1) is 28.9. The SMILES string of the molecule is CNCc1cc(-c2n[nH]c3cc(OC)c(OC(C)c4c(Cl)cncc4Cl)cc23)cnc1N1CC2(C1)CN(S(C)(=O)=O)C2. The number of aromatic amines is 1. The third kappa shape index (κ3) is 5.15. The summed E-state index contributed by atoms with van der Waals surface area (Å²) in [6.07, 6.45) is 5.68. The zero-order chi connectivity index (χ0) is 29.8. The van der Waals surface area contributed by atoms with Gasteiger partial charge in [-0.1, -0.05) is 23.2 Å². The van der Waals surface area contributed by atoms with Gasteiger partial charge in [0.1, 0.15) is 17.6 Å². The van der Waals surface area contributed by atoms with Gasteiger partial charge in [-0.25, -0.2) is 17.7 Å². The first-order valence-corrected chi connectivity index (χ1v) is 16.0. The molecule has 42 heavy (non-hydrogen) atoms. The molecule has 2 N–H and O–H groups in total. The zero-order valence-corrected chi connectivity index (χ0v) is 25.9. The van der Waals surface area contributed by atoms with Crippen molar-refractivity contribution < 1.29 is 17.9 Å². The lowest BCUT2D eigenvalue weighted by atomic mass is 9.74. The number of aromatic nitrogens is 4. The van der Waals surface area contributed by atoms with Crippen LogP contribution in [0.5, 0.6) is 11.5 Å². The van der Waals surface area contributed by atoms with Crippen LogP contribution in [-0.4, -0.2) is 79.5 Å². The van der Waals surface area contributed by atoms with Crippen LogP contribution in [0.2, 0.25) is 10.0 Å². The lowest BCUT2D eigenvalue weighted by molar-refractivity contribution is 0.0394. The maximum atomic E-state index is 11.8. The first-order chi connectivity index (χ1) is 20.0. The third-order valence-corrected chi connectivity index (χ3v) is 9.67. The summed E-state index contributed by atoms with van der Waals surface area (Å²) in [6, 6.07) is 5.83. The molecule has 0 aliphatic carbocycles. The Bertz CT molecular complexity index is 1750. The number of benzene rings is 1. The van der Waals surface area contributed by atoms with E-state index in [0.29, 0.717) is 46.7 Å². The number of sulfonamides is 1. The first-order valence-electron chi connectivity index (χ1n) is 13.4. The number of ether oxygens (including phenoxy) is 2. The number of nitrogens with one attached hydrogen (secondary N) is 2. The van der Waals surface area contributed by atoms with Gasteiger partial charge >= 0.3 is 0 Å². The van der Waals surface area contributed by atoms with Crippen molar-refractivity contribution in [1.82, 2.24) is 29.8 Å². The normalized spacial score (nSPS) is 17.2. The Morgan fingerprint density at radius 2 is 1.81 bits per heavy atom. The highest BCUT2D eigenvalue weighted by molar-refractivity contribution is 7.88. The number of rotatable bonds is 9. The van der Waals surface area contributed by atoms with Gasteiger partial charge in [-0.15, -0.1) is 0 Å². The second kappa shape index (κ2) is 10.8. The van der Waals surface area contributed by atoms with Crippen molar-refractivity contribution in [2.24, 2.45) is 5.41 Å². The Morgan fingerprint density at radius 1 is 1.10 bits per heavy atom. The number of nitrogens with zero attached hydrogens (tertiary/aromatic N) is 5. The fourth-order valence-corrected chi connectivity index (χ4v) is 7.53. The summed E-state index contributed by atoms with van der Waals surface area (Å²) in [5.41, 5.74) is 4.03. The Labute approximate surface area is 254 Å². The van der Waals surface area contributed by atoms with Gasteiger partial charge in [-0.3, -0.25) is 10.1 Å². The van der Waals surface area contributed by atoms with Crippen LogP contribution in [-0.2, 0) is 16.6 Å². The molecule has 0 saturated carbocycles. The van der Waals surface area contributed by atoms with E-state index in [-0.39, 0.29) is 5.41 Å². The summed E-state index contributed by atoms with van der Waals surface area (Å²) >= 11 is 12.7. The second-order valence-electron chi connectivity index (χ2n) is 11.0. The number of hydrogen-bond donors (Lipinski definition) is 2. The van der Waals surface area contributed by atoms with Crippen LogP contribution < -0.4 is 19.7 Å². The molecule has 2 saturated heterocycles. The van der Waals surface area contributed by atoms with Gasteiger partial charge in [0.2, 0.25) is 10.0 Å².